The molecule has 0 fully saturated rings. The van der Waals surface area contributed by atoms with Gasteiger partial charge in [0, 0.05) is 18.2 Å². The summed E-state index contributed by atoms with van der Waals surface area (Å²) >= 11 is 0. The normalized spacial score (nSPS) is 14.1. The highest BCUT2D eigenvalue weighted by atomic mass is 32.2. The van der Waals surface area contributed by atoms with E-state index in [1.807, 2.05) is 52.0 Å². The summed E-state index contributed by atoms with van der Waals surface area (Å²) in [5.74, 6) is 0.0909. The van der Waals surface area contributed by atoms with Crippen LogP contribution in [0.3, 0.4) is 0 Å². The minimum atomic E-state index is -3.84. The molecule has 0 saturated carbocycles. The molecule has 2 aromatic rings. The Bertz CT molecular complexity index is 1210. The minimum absolute atomic E-state index is 0.149. The van der Waals surface area contributed by atoms with E-state index in [-0.39, 0.29) is 18.1 Å². The third-order valence-corrected chi connectivity index (χ3v) is 6.77. The highest BCUT2D eigenvalue weighted by Gasteiger charge is 2.31. The van der Waals surface area contributed by atoms with E-state index < -0.39 is 34.1 Å². The Kier molecular flexibility index (Phi) is 8.18. The van der Waals surface area contributed by atoms with Gasteiger partial charge in [0.15, 0.2) is 11.5 Å². The lowest BCUT2D eigenvalue weighted by atomic mass is 10.1. The van der Waals surface area contributed by atoms with Crippen LogP contribution in [0.2, 0.25) is 0 Å². The molecular formula is C26H35N3O6S. The third kappa shape index (κ3) is 7.13. The van der Waals surface area contributed by atoms with Crippen molar-refractivity contribution >= 4 is 27.5 Å². The van der Waals surface area contributed by atoms with Gasteiger partial charge in [-0.1, -0.05) is 29.8 Å². The molecule has 3 rings (SSSR count). The Morgan fingerprint density at radius 1 is 1.03 bits per heavy atom. The van der Waals surface area contributed by atoms with Crippen LogP contribution in [-0.4, -0.2) is 62.7 Å². The highest BCUT2D eigenvalue weighted by Crippen LogP contribution is 2.34. The van der Waals surface area contributed by atoms with Crippen LogP contribution in [0.25, 0.3) is 0 Å². The second-order valence-corrected chi connectivity index (χ2v) is 11.9. The number of benzene rings is 2. The molecule has 2 amide bonds. The number of amides is 2. The molecule has 10 heteroatoms. The number of nitrogens with one attached hydrogen (secondary N) is 1. The molecule has 1 aliphatic rings. The molecule has 1 N–H and O–H groups in total. The first-order chi connectivity index (χ1) is 16.7. The van der Waals surface area contributed by atoms with Gasteiger partial charge in [-0.2, -0.15) is 0 Å². The molecular weight excluding hydrogens is 482 g/mol. The summed E-state index contributed by atoms with van der Waals surface area (Å²) in [4.78, 5) is 28.0. The molecule has 2 aromatic carbocycles. The van der Waals surface area contributed by atoms with Gasteiger partial charge in [-0.15, -0.1) is 0 Å². The number of anilines is 1. The fraction of sp³-hybridized carbons (Fsp3) is 0.462. The van der Waals surface area contributed by atoms with E-state index in [1.165, 1.54) is 4.90 Å². The Morgan fingerprint density at radius 3 is 2.22 bits per heavy atom. The molecule has 1 heterocycles. The molecule has 0 radical (unpaired) electrons. The summed E-state index contributed by atoms with van der Waals surface area (Å²) in [6, 6.07) is 11.5. The van der Waals surface area contributed by atoms with Crippen molar-refractivity contribution in [2.75, 3.05) is 30.3 Å². The van der Waals surface area contributed by atoms with E-state index >= 15 is 0 Å². The Hall–Kier alpha value is -3.27. The van der Waals surface area contributed by atoms with Gasteiger partial charge in [0.2, 0.25) is 21.8 Å². The largest absolute Gasteiger partial charge is 0.486 e. The average molecular weight is 518 g/mol. The number of rotatable bonds is 8. The van der Waals surface area contributed by atoms with Gasteiger partial charge < -0.3 is 19.7 Å². The molecule has 0 unspecified atom stereocenters. The maximum Gasteiger partial charge on any atom is 0.244 e. The van der Waals surface area contributed by atoms with Crippen molar-refractivity contribution in [3.63, 3.8) is 0 Å². The number of fused-ring (bicyclic) bond motifs is 1. The first-order valence-electron chi connectivity index (χ1n) is 11.8. The number of carbonyl (C=O) groups excluding carboxylic acids is 2. The van der Waals surface area contributed by atoms with E-state index in [0.717, 1.165) is 21.7 Å². The predicted octanol–water partition coefficient (Wildman–Crippen LogP) is 2.86. The molecule has 0 spiro atoms. The summed E-state index contributed by atoms with van der Waals surface area (Å²) in [5.41, 5.74) is 1.68. The zero-order chi connectivity index (χ0) is 26.7. The lowest BCUT2D eigenvalue weighted by Crippen LogP contribution is -2.54. The van der Waals surface area contributed by atoms with Gasteiger partial charge in [-0.25, -0.2) is 8.42 Å². The molecule has 196 valence electrons. The number of aryl methyl sites for hydroxylation is 1. The van der Waals surface area contributed by atoms with Crippen LogP contribution in [0.4, 0.5) is 5.69 Å². The molecule has 9 nitrogen and oxygen atoms in total. The minimum Gasteiger partial charge on any atom is -0.486 e. The van der Waals surface area contributed by atoms with Crippen LogP contribution in [0.1, 0.15) is 38.8 Å². The second kappa shape index (κ2) is 10.8. The smallest absolute Gasteiger partial charge is 0.244 e. The van der Waals surface area contributed by atoms with E-state index in [1.54, 1.807) is 25.1 Å². The summed E-state index contributed by atoms with van der Waals surface area (Å²) in [6.07, 6.45) is 1.04. The Morgan fingerprint density at radius 2 is 1.64 bits per heavy atom. The van der Waals surface area contributed by atoms with E-state index in [9.17, 15) is 18.0 Å². The SMILES string of the molecule is Cc1ccc(CN(C(=O)CN(c2ccc3c(c2)OCCO3)S(C)(=O)=O)[C@H](C)C(=O)NC(C)(C)C)cc1. The van der Waals surface area contributed by atoms with Crippen LogP contribution in [0.15, 0.2) is 42.5 Å². The van der Waals surface area contributed by atoms with Crippen LogP contribution in [0.5, 0.6) is 11.5 Å². The van der Waals surface area contributed by atoms with Gasteiger partial charge in [0.25, 0.3) is 0 Å². The van der Waals surface area contributed by atoms with Crippen molar-refractivity contribution in [1.29, 1.82) is 0 Å². The van der Waals surface area contributed by atoms with Crippen LogP contribution in [0, 0.1) is 6.92 Å². The monoisotopic (exact) mass is 517 g/mol. The molecule has 0 aromatic heterocycles. The summed E-state index contributed by atoms with van der Waals surface area (Å²) in [7, 11) is -3.84. The second-order valence-electron chi connectivity index (χ2n) is 10.0. The van der Waals surface area contributed by atoms with Crippen molar-refractivity contribution in [2.45, 2.75) is 52.7 Å². The standard InChI is InChI=1S/C26H35N3O6S/c1-18-7-9-20(10-8-18)16-28(19(2)25(31)27-26(3,4)5)24(30)17-29(36(6,32)33)21-11-12-22-23(15-21)35-14-13-34-22/h7-12,15,19H,13-14,16-17H2,1-6H3,(H,27,31)/t19-/m1/s1. The quantitative estimate of drug-likeness (QED) is 0.577. The average Bonchev–Trinajstić information content (AvgIpc) is 2.79. The van der Waals surface area contributed by atoms with Crippen LogP contribution in [-0.2, 0) is 26.2 Å². The first kappa shape index (κ1) is 27.3. The van der Waals surface area contributed by atoms with Crippen LogP contribution >= 0.6 is 0 Å². The molecule has 0 aliphatic carbocycles. The fourth-order valence-electron chi connectivity index (χ4n) is 3.75. The van der Waals surface area contributed by atoms with E-state index in [2.05, 4.69) is 5.32 Å². The zero-order valence-electron chi connectivity index (χ0n) is 21.7. The lowest BCUT2D eigenvalue weighted by molar-refractivity contribution is -0.140. The fourth-order valence-corrected chi connectivity index (χ4v) is 4.59. The molecule has 0 bridgehead atoms. The molecule has 1 atom stereocenters. The summed E-state index contributed by atoms with van der Waals surface area (Å²) in [5, 5.41) is 2.90. The van der Waals surface area contributed by atoms with Crippen molar-refractivity contribution in [3.8, 4) is 11.5 Å². The topological polar surface area (TPSA) is 105 Å². The third-order valence-electron chi connectivity index (χ3n) is 5.63. The number of hydrogen-bond acceptors (Lipinski definition) is 6. The lowest BCUT2D eigenvalue weighted by Gasteiger charge is -2.33. The summed E-state index contributed by atoms with van der Waals surface area (Å²) < 4.78 is 37.6. The number of hydrogen-bond donors (Lipinski definition) is 1. The number of sulfonamides is 1. The van der Waals surface area contributed by atoms with Gasteiger partial charge in [0.1, 0.15) is 25.8 Å². The first-order valence-corrected chi connectivity index (χ1v) is 13.6. The van der Waals surface area contributed by atoms with Crippen molar-refractivity contribution in [1.82, 2.24) is 10.2 Å². The Balaban J connectivity index is 1.92. The Labute approximate surface area is 213 Å². The van der Waals surface area contributed by atoms with Crippen LogP contribution < -0.4 is 19.1 Å². The molecule has 0 saturated heterocycles. The zero-order valence-corrected chi connectivity index (χ0v) is 22.5. The predicted molar refractivity (Wildman–Crippen MR) is 139 cm³/mol. The van der Waals surface area contributed by atoms with E-state index in [0.29, 0.717) is 24.7 Å². The maximum atomic E-state index is 13.6. The van der Waals surface area contributed by atoms with Gasteiger partial charge in [-0.05, 0) is 52.3 Å². The van der Waals surface area contributed by atoms with Crippen molar-refractivity contribution in [3.05, 3.63) is 53.6 Å². The van der Waals surface area contributed by atoms with Gasteiger partial charge in [0.05, 0.1) is 11.9 Å². The molecule has 1 aliphatic heterocycles. The highest BCUT2D eigenvalue weighted by molar-refractivity contribution is 7.92. The summed E-state index contributed by atoms with van der Waals surface area (Å²) in [6.45, 7) is 9.60. The maximum absolute atomic E-state index is 13.6. The number of ether oxygens (including phenoxy) is 2. The van der Waals surface area contributed by atoms with Gasteiger partial charge >= 0.3 is 0 Å². The van der Waals surface area contributed by atoms with Crippen molar-refractivity contribution in [2.24, 2.45) is 0 Å². The molecule has 36 heavy (non-hydrogen) atoms. The number of nitrogens with zero attached hydrogens (tertiary/aromatic N) is 2. The van der Waals surface area contributed by atoms with Crippen molar-refractivity contribution < 1.29 is 27.5 Å². The van der Waals surface area contributed by atoms with Gasteiger partial charge in [-0.3, -0.25) is 13.9 Å². The van der Waals surface area contributed by atoms with E-state index in [4.69, 9.17) is 9.47 Å². The number of carbonyl (C=O) groups is 2.